The average molecular weight is 348 g/mol. The second-order valence-electron chi connectivity index (χ2n) is 5.38. The van der Waals surface area contributed by atoms with Gasteiger partial charge in [0.1, 0.15) is 10.6 Å². The van der Waals surface area contributed by atoms with Crippen LogP contribution in [-0.4, -0.2) is 34.3 Å². The molecule has 124 valence electrons. The third-order valence-corrected chi connectivity index (χ3v) is 5.35. The van der Waals surface area contributed by atoms with E-state index in [1.54, 1.807) is 6.07 Å². The highest BCUT2D eigenvalue weighted by Crippen LogP contribution is 2.30. The Bertz CT molecular complexity index is 612. The van der Waals surface area contributed by atoms with E-state index in [2.05, 4.69) is 4.72 Å². The van der Waals surface area contributed by atoms with Crippen molar-refractivity contribution in [3.8, 4) is 5.75 Å². The number of benzene rings is 1. The van der Waals surface area contributed by atoms with Gasteiger partial charge in [-0.3, -0.25) is 0 Å². The molecular formula is C15H22ClNO4S. The monoisotopic (exact) mass is 347 g/mol. The molecule has 1 N–H and O–H groups in total. The van der Waals surface area contributed by atoms with Gasteiger partial charge < -0.3 is 9.47 Å². The molecule has 1 aromatic carbocycles. The topological polar surface area (TPSA) is 64.6 Å². The summed E-state index contributed by atoms with van der Waals surface area (Å²) in [6.45, 7) is 5.19. The Balaban J connectivity index is 2.21. The lowest BCUT2D eigenvalue weighted by Crippen LogP contribution is -2.32. The Morgan fingerprint density at radius 3 is 2.86 bits per heavy atom. The number of halogens is 1. The predicted octanol–water partition coefficient (Wildman–Crippen LogP) is 2.89. The number of rotatable bonds is 7. The lowest BCUT2D eigenvalue weighted by Gasteiger charge is -2.15. The molecule has 1 heterocycles. The van der Waals surface area contributed by atoms with Crippen molar-refractivity contribution < 1.29 is 17.9 Å². The maximum Gasteiger partial charge on any atom is 0.244 e. The summed E-state index contributed by atoms with van der Waals surface area (Å²) in [5, 5.41) is 0.404. The first kappa shape index (κ1) is 17.5. The molecule has 5 nitrogen and oxygen atoms in total. The van der Waals surface area contributed by atoms with Crippen LogP contribution in [0.2, 0.25) is 5.02 Å². The van der Waals surface area contributed by atoms with E-state index in [0.29, 0.717) is 24.0 Å². The van der Waals surface area contributed by atoms with Crippen LogP contribution in [0.1, 0.15) is 31.7 Å². The van der Waals surface area contributed by atoms with Crippen molar-refractivity contribution in [2.75, 3.05) is 19.8 Å². The van der Waals surface area contributed by atoms with E-state index in [-0.39, 0.29) is 17.5 Å². The average Bonchev–Trinajstić information content (AvgIpc) is 2.99. The second kappa shape index (κ2) is 7.64. The van der Waals surface area contributed by atoms with Gasteiger partial charge in [-0.25, -0.2) is 13.1 Å². The molecular weight excluding hydrogens is 326 g/mol. The number of hydrogen-bond donors (Lipinski definition) is 1. The Hall–Kier alpha value is -0.820. The molecule has 0 amide bonds. The quantitative estimate of drug-likeness (QED) is 0.823. The number of sulfonamides is 1. The van der Waals surface area contributed by atoms with Gasteiger partial charge in [0.15, 0.2) is 0 Å². The highest BCUT2D eigenvalue weighted by Gasteiger charge is 2.24. The number of hydrogen-bond acceptors (Lipinski definition) is 4. The minimum Gasteiger partial charge on any atom is -0.492 e. The molecule has 0 radical (unpaired) electrons. The molecule has 1 saturated heterocycles. The van der Waals surface area contributed by atoms with E-state index in [9.17, 15) is 8.42 Å². The zero-order valence-electron chi connectivity index (χ0n) is 12.9. The summed E-state index contributed by atoms with van der Waals surface area (Å²) < 4.78 is 38.7. The van der Waals surface area contributed by atoms with Gasteiger partial charge in [-0.15, -0.1) is 0 Å². The first-order chi connectivity index (χ1) is 10.4. The van der Waals surface area contributed by atoms with Crippen molar-refractivity contribution >= 4 is 21.6 Å². The van der Waals surface area contributed by atoms with Crippen LogP contribution < -0.4 is 9.46 Å². The molecule has 7 heteroatoms. The molecule has 0 bridgehead atoms. The summed E-state index contributed by atoms with van der Waals surface area (Å²) in [6.07, 6.45) is 2.57. The largest absolute Gasteiger partial charge is 0.492 e. The fourth-order valence-electron chi connectivity index (χ4n) is 2.26. The minimum absolute atomic E-state index is 0.0595. The highest BCUT2D eigenvalue weighted by atomic mass is 35.5. The molecule has 1 fully saturated rings. The molecule has 1 aliphatic heterocycles. The van der Waals surface area contributed by atoms with Crippen molar-refractivity contribution in [2.45, 2.75) is 44.1 Å². The van der Waals surface area contributed by atoms with Gasteiger partial charge >= 0.3 is 0 Å². The van der Waals surface area contributed by atoms with Crippen molar-refractivity contribution in [1.82, 2.24) is 4.72 Å². The molecule has 0 unspecified atom stereocenters. The van der Waals surface area contributed by atoms with Crippen LogP contribution in [0.5, 0.6) is 5.75 Å². The van der Waals surface area contributed by atoms with Crippen LogP contribution in [0.3, 0.4) is 0 Å². The van der Waals surface area contributed by atoms with Gasteiger partial charge in [-0.05, 0) is 43.9 Å². The first-order valence-electron chi connectivity index (χ1n) is 7.48. The standard InChI is InChI=1S/C15H22ClNO4S/c1-3-6-21-14-8-11(2)13(16)9-15(14)22(18,19)17-10-12-5-4-7-20-12/h8-9,12,17H,3-7,10H2,1-2H3/t12-/m1/s1. The highest BCUT2D eigenvalue weighted by molar-refractivity contribution is 7.89. The van der Waals surface area contributed by atoms with Gasteiger partial charge in [-0.2, -0.15) is 0 Å². The normalized spacial score (nSPS) is 18.6. The number of nitrogens with one attached hydrogen (secondary N) is 1. The van der Waals surface area contributed by atoms with E-state index in [1.807, 2.05) is 13.8 Å². The molecule has 0 aliphatic carbocycles. The third kappa shape index (κ3) is 4.35. The van der Waals surface area contributed by atoms with Crippen LogP contribution in [0.25, 0.3) is 0 Å². The molecule has 22 heavy (non-hydrogen) atoms. The lowest BCUT2D eigenvalue weighted by atomic mass is 10.2. The van der Waals surface area contributed by atoms with E-state index in [0.717, 1.165) is 24.8 Å². The van der Waals surface area contributed by atoms with E-state index in [4.69, 9.17) is 21.1 Å². The van der Waals surface area contributed by atoms with Gasteiger partial charge in [0.2, 0.25) is 10.0 Å². The van der Waals surface area contributed by atoms with Crippen molar-refractivity contribution in [3.05, 3.63) is 22.7 Å². The molecule has 2 rings (SSSR count). The lowest BCUT2D eigenvalue weighted by molar-refractivity contribution is 0.114. The third-order valence-electron chi connectivity index (χ3n) is 3.50. The Morgan fingerprint density at radius 2 is 2.23 bits per heavy atom. The van der Waals surface area contributed by atoms with E-state index < -0.39 is 10.0 Å². The summed E-state index contributed by atoms with van der Waals surface area (Å²) in [6, 6.07) is 3.11. The van der Waals surface area contributed by atoms with Crippen molar-refractivity contribution in [2.24, 2.45) is 0 Å². The molecule has 0 saturated carbocycles. The second-order valence-corrected chi connectivity index (χ2v) is 7.53. The fourth-order valence-corrected chi connectivity index (χ4v) is 3.70. The van der Waals surface area contributed by atoms with Crippen molar-refractivity contribution in [3.63, 3.8) is 0 Å². The Labute approximate surface area is 137 Å². The summed E-state index contributed by atoms with van der Waals surface area (Å²) in [7, 11) is -3.69. The SMILES string of the molecule is CCCOc1cc(C)c(Cl)cc1S(=O)(=O)NC[C@H]1CCCO1. The van der Waals surface area contributed by atoms with E-state index in [1.165, 1.54) is 6.07 Å². The molecule has 1 aliphatic rings. The van der Waals surface area contributed by atoms with Crippen LogP contribution in [0.4, 0.5) is 0 Å². The van der Waals surface area contributed by atoms with Crippen LogP contribution in [0, 0.1) is 6.92 Å². The zero-order chi connectivity index (χ0) is 16.2. The molecule has 1 aromatic rings. The van der Waals surface area contributed by atoms with Gasteiger partial charge in [0.05, 0.1) is 12.7 Å². The molecule has 0 spiro atoms. The Kier molecular flexibility index (Phi) is 6.09. The fraction of sp³-hybridized carbons (Fsp3) is 0.600. The predicted molar refractivity (Wildman–Crippen MR) is 86.1 cm³/mol. The van der Waals surface area contributed by atoms with Gasteiger partial charge in [-0.1, -0.05) is 18.5 Å². The van der Waals surface area contributed by atoms with E-state index >= 15 is 0 Å². The van der Waals surface area contributed by atoms with Gasteiger partial charge in [0, 0.05) is 18.2 Å². The number of ether oxygens (including phenoxy) is 2. The smallest absolute Gasteiger partial charge is 0.244 e. The zero-order valence-corrected chi connectivity index (χ0v) is 14.5. The number of aryl methyl sites for hydroxylation is 1. The summed E-state index contributed by atoms with van der Waals surface area (Å²) >= 11 is 6.08. The van der Waals surface area contributed by atoms with Crippen LogP contribution in [0.15, 0.2) is 17.0 Å². The molecule has 0 aromatic heterocycles. The summed E-state index contributed by atoms with van der Waals surface area (Å²) in [5.41, 5.74) is 0.783. The minimum atomic E-state index is -3.69. The first-order valence-corrected chi connectivity index (χ1v) is 9.34. The van der Waals surface area contributed by atoms with Crippen LogP contribution >= 0.6 is 11.6 Å². The molecule has 1 atom stereocenters. The van der Waals surface area contributed by atoms with Crippen LogP contribution in [-0.2, 0) is 14.8 Å². The summed E-state index contributed by atoms with van der Waals surface area (Å²) in [5.74, 6) is 0.337. The summed E-state index contributed by atoms with van der Waals surface area (Å²) in [4.78, 5) is 0.0783. The van der Waals surface area contributed by atoms with Crippen molar-refractivity contribution in [1.29, 1.82) is 0 Å². The Morgan fingerprint density at radius 1 is 1.45 bits per heavy atom. The maximum atomic E-state index is 12.5. The van der Waals surface area contributed by atoms with Gasteiger partial charge in [0.25, 0.3) is 0 Å². The maximum absolute atomic E-state index is 12.5.